The van der Waals surface area contributed by atoms with Gasteiger partial charge in [-0.3, -0.25) is 4.79 Å². The molecule has 0 atom stereocenters. The van der Waals surface area contributed by atoms with Crippen molar-refractivity contribution in [2.75, 3.05) is 0 Å². The van der Waals surface area contributed by atoms with E-state index in [0.29, 0.717) is 6.04 Å². The lowest BCUT2D eigenvalue weighted by molar-refractivity contribution is 0.0874. The van der Waals surface area contributed by atoms with Gasteiger partial charge in [-0.25, -0.2) is 0 Å². The molecule has 1 N–H and O–H groups in total. The number of carbonyl (C=O) groups is 1. The topological polar surface area (TPSA) is 29.1 Å². The predicted octanol–water partition coefficient (Wildman–Crippen LogP) is 3.07. The average Bonchev–Trinajstić information content (AvgIpc) is 2.16. The fourth-order valence-corrected chi connectivity index (χ4v) is 1.74. The standard InChI is InChI=1S/C13H19NO.ClH/c1-10(2)14-13(3,4)12(15)11-8-6-5-7-9-11;/h5-10,14H,1-4H3;1H. The molecule has 1 aromatic rings. The molecule has 0 heterocycles. The Hall–Kier alpha value is -0.860. The van der Waals surface area contributed by atoms with Crippen LogP contribution in [0.25, 0.3) is 0 Å². The molecule has 0 saturated heterocycles. The Morgan fingerprint density at radius 2 is 1.69 bits per heavy atom. The molecule has 0 radical (unpaired) electrons. The second-order valence-corrected chi connectivity index (χ2v) is 4.62. The Morgan fingerprint density at radius 1 is 1.19 bits per heavy atom. The third-order valence-electron chi connectivity index (χ3n) is 2.25. The Morgan fingerprint density at radius 3 is 2.12 bits per heavy atom. The second-order valence-electron chi connectivity index (χ2n) is 4.62. The molecule has 0 unspecified atom stereocenters. The largest absolute Gasteiger partial charge is 0.303 e. The lowest BCUT2D eigenvalue weighted by Gasteiger charge is -2.27. The van der Waals surface area contributed by atoms with Crippen LogP contribution in [0.1, 0.15) is 38.1 Å². The summed E-state index contributed by atoms with van der Waals surface area (Å²) in [6, 6.07) is 9.70. The zero-order valence-electron chi connectivity index (χ0n) is 10.3. The number of carbonyl (C=O) groups excluding carboxylic acids is 1. The monoisotopic (exact) mass is 241 g/mol. The molecule has 0 aromatic heterocycles. The summed E-state index contributed by atoms with van der Waals surface area (Å²) in [6.45, 7) is 7.92. The average molecular weight is 242 g/mol. The number of halogens is 1. The van der Waals surface area contributed by atoms with E-state index in [4.69, 9.17) is 0 Å². The van der Waals surface area contributed by atoms with Crippen molar-refractivity contribution >= 4 is 18.2 Å². The fourth-order valence-electron chi connectivity index (χ4n) is 1.74. The predicted molar refractivity (Wildman–Crippen MR) is 70.4 cm³/mol. The number of benzene rings is 1. The van der Waals surface area contributed by atoms with Crippen molar-refractivity contribution in [3.05, 3.63) is 35.9 Å². The van der Waals surface area contributed by atoms with E-state index in [9.17, 15) is 4.79 Å². The van der Waals surface area contributed by atoms with Gasteiger partial charge >= 0.3 is 0 Å². The van der Waals surface area contributed by atoms with Crippen molar-refractivity contribution in [2.24, 2.45) is 0 Å². The molecule has 1 aromatic carbocycles. The zero-order valence-corrected chi connectivity index (χ0v) is 11.1. The smallest absolute Gasteiger partial charge is 0.182 e. The van der Waals surface area contributed by atoms with Crippen LogP contribution < -0.4 is 5.32 Å². The summed E-state index contributed by atoms with van der Waals surface area (Å²) in [5.74, 6) is 0.136. The van der Waals surface area contributed by atoms with Gasteiger partial charge in [0.05, 0.1) is 5.54 Å². The first-order chi connectivity index (χ1) is 6.93. The Balaban J connectivity index is 0.00000225. The van der Waals surface area contributed by atoms with Crippen molar-refractivity contribution in [1.82, 2.24) is 5.32 Å². The molecule has 0 spiro atoms. The van der Waals surface area contributed by atoms with Gasteiger partial charge in [0.25, 0.3) is 0 Å². The summed E-state index contributed by atoms with van der Waals surface area (Å²) in [5.41, 5.74) is 0.255. The molecule has 0 amide bonds. The first-order valence-corrected chi connectivity index (χ1v) is 5.31. The fraction of sp³-hybridized carbons (Fsp3) is 0.462. The first-order valence-electron chi connectivity index (χ1n) is 5.31. The molecule has 90 valence electrons. The quantitative estimate of drug-likeness (QED) is 0.821. The highest BCUT2D eigenvalue weighted by atomic mass is 35.5. The number of nitrogens with one attached hydrogen (secondary N) is 1. The molecular weight excluding hydrogens is 222 g/mol. The minimum Gasteiger partial charge on any atom is -0.303 e. The Kier molecular flexibility index (Phi) is 5.70. The molecule has 0 saturated carbocycles. The molecule has 0 fully saturated rings. The molecule has 0 aliphatic heterocycles. The molecule has 0 aliphatic carbocycles. The molecule has 16 heavy (non-hydrogen) atoms. The van der Waals surface area contributed by atoms with E-state index in [0.717, 1.165) is 5.56 Å². The molecule has 1 rings (SSSR count). The summed E-state index contributed by atoms with van der Waals surface area (Å²) >= 11 is 0. The maximum absolute atomic E-state index is 12.1. The van der Waals surface area contributed by atoms with E-state index < -0.39 is 5.54 Å². The van der Waals surface area contributed by atoms with Crippen LogP contribution in [0.4, 0.5) is 0 Å². The van der Waals surface area contributed by atoms with Crippen LogP contribution >= 0.6 is 12.4 Å². The SMILES string of the molecule is CC(C)NC(C)(C)C(=O)c1ccccc1.Cl. The summed E-state index contributed by atoms with van der Waals surface area (Å²) in [4.78, 5) is 12.1. The molecule has 2 nitrogen and oxygen atoms in total. The van der Waals surface area contributed by atoms with Gasteiger partial charge in [0, 0.05) is 11.6 Å². The van der Waals surface area contributed by atoms with E-state index >= 15 is 0 Å². The van der Waals surface area contributed by atoms with Gasteiger partial charge in [-0.2, -0.15) is 0 Å². The van der Waals surface area contributed by atoms with Crippen molar-refractivity contribution in [1.29, 1.82) is 0 Å². The maximum atomic E-state index is 12.1. The molecule has 0 bridgehead atoms. The summed E-state index contributed by atoms with van der Waals surface area (Å²) in [6.07, 6.45) is 0. The van der Waals surface area contributed by atoms with Gasteiger partial charge in [0.2, 0.25) is 0 Å². The summed E-state index contributed by atoms with van der Waals surface area (Å²) in [7, 11) is 0. The van der Waals surface area contributed by atoms with Crippen molar-refractivity contribution < 1.29 is 4.79 Å². The van der Waals surface area contributed by atoms with Gasteiger partial charge in [-0.05, 0) is 27.7 Å². The van der Waals surface area contributed by atoms with Crippen molar-refractivity contribution in [3.63, 3.8) is 0 Å². The third-order valence-corrected chi connectivity index (χ3v) is 2.25. The van der Waals surface area contributed by atoms with Gasteiger partial charge in [-0.15, -0.1) is 12.4 Å². The van der Waals surface area contributed by atoms with E-state index in [1.54, 1.807) is 0 Å². The minimum absolute atomic E-state index is 0. The van der Waals surface area contributed by atoms with E-state index in [1.165, 1.54) is 0 Å². The van der Waals surface area contributed by atoms with Crippen LogP contribution in [-0.4, -0.2) is 17.4 Å². The van der Waals surface area contributed by atoms with E-state index in [1.807, 2.05) is 58.0 Å². The van der Waals surface area contributed by atoms with E-state index in [-0.39, 0.29) is 18.2 Å². The van der Waals surface area contributed by atoms with Gasteiger partial charge < -0.3 is 5.32 Å². The molecule has 3 heteroatoms. The molecular formula is C13H20ClNO. The number of rotatable bonds is 4. The summed E-state index contributed by atoms with van der Waals surface area (Å²) in [5, 5.41) is 3.27. The highest BCUT2D eigenvalue weighted by molar-refractivity contribution is 6.02. The number of Topliss-reactive ketones (excluding diaryl/α,β-unsaturated/α-hetero) is 1. The van der Waals surface area contributed by atoms with Crippen LogP contribution in [0, 0.1) is 0 Å². The highest BCUT2D eigenvalue weighted by Crippen LogP contribution is 2.13. The van der Waals surface area contributed by atoms with Crippen LogP contribution in [-0.2, 0) is 0 Å². The lowest BCUT2D eigenvalue weighted by atomic mass is 9.92. The number of ketones is 1. The second kappa shape index (κ2) is 6.02. The Labute approximate surface area is 104 Å². The normalized spacial score (nSPS) is 11.1. The van der Waals surface area contributed by atoms with Crippen molar-refractivity contribution in [3.8, 4) is 0 Å². The van der Waals surface area contributed by atoms with Crippen LogP contribution in [0.2, 0.25) is 0 Å². The van der Waals surface area contributed by atoms with Crippen molar-refractivity contribution in [2.45, 2.75) is 39.3 Å². The van der Waals surface area contributed by atoms with Crippen LogP contribution in [0.3, 0.4) is 0 Å². The van der Waals surface area contributed by atoms with Gasteiger partial charge in [-0.1, -0.05) is 30.3 Å². The van der Waals surface area contributed by atoms with Gasteiger partial charge in [0.15, 0.2) is 5.78 Å². The van der Waals surface area contributed by atoms with E-state index in [2.05, 4.69) is 5.32 Å². The maximum Gasteiger partial charge on any atom is 0.182 e. The number of hydrogen-bond donors (Lipinski definition) is 1. The third kappa shape index (κ3) is 3.95. The van der Waals surface area contributed by atoms with Crippen LogP contribution in [0.5, 0.6) is 0 Å². The lowest BCUT2D eigenvalue weighted by Crippen LogP contribution is -2.49. The summed E-state index contributed by atoms with van der Waals surface area (Å²) < 4.78 is 0. The van der Waals surface area contributed by atoms with Gasteiger partial charge in [0.1, 0.15) is 0 Å². The minimum atomic E-state index is -0.504. The van der Waals surface area contributed by atoms with Crippen LogP contribution in [0.15, 0.2) is 30.3 Å². The Bertz CT molecular complexity index is 333. The molecule has 0 aliphatic rings. The highest BCUT2D eigenvalue weighted by Gasteiger charge is 2.28. The number of hydrogen-bond acceptors (Lipinski definition) is 2. The first kappa shape index (κ1) is 15.1. The zero-order chi connectivity index (χ0) is 11.5.